The molecule has 0 atom stereocenters. The first-order valence-corrected chi connectivity index (χ1v) is 9.86. The first-order chi connectivity index (χ1) is 15.6. The zero-order valence-electron chi connectivity index (χ0n) is 16.9. The van der Waals surface area contributed by atoms with E-state index in [2.05, 4.69) is 9.98 Å². The monoisotopic (exact) mass is 465 g/mol. The van der Waals surface area contributed by atoms with Crippen molar-refractivity contribution in [1.82, 2.24) is 4.90 Å². The molecule has 0 spiro atoms. The summed E-state index contributed by atoms with van der Waals surface area (Å²) in [5.41, 5.74) is -3.74. The molecule has 0 saturated heterocycles. The highest BCUT2D eigenvalue weighted by Gasteiger charge is 2.74. The van der Waals surface area contributed by atoms with Crippen LogP contribution in [0.5, 0.6) is 0 Å². The molecular weight excluding hydrogens is 448 g/mol. The molecular formula is C23H17F6N3O. The summed E-state index contributed by atoms with van der Waals surface area (Å²) in [6, 6.07) is 19.0. The maximum absolute atomic E-state index is 14.0. The highest BCUT2D eigenvalue weighted by atomic mass is 19.4. The summed E-state index contributed by atoms with van der Waals surface area (Å²) in [6.07, 6.45) is -10.2. The van der Waals surface area contributed by atoms with Gasteiger partial charge >= 0.3 is 18.0 Å². The predicted octanol–water partition coefficient (Wildman–Crippen LogP) is 5.85. The molecule has 1 aromatic heterocycles. The van der Waals surface area contributed by atoms with E-state index in [4.69, 9.17) is 4.42 Å². The van der Waals surface area contributed by atoms with Gasteiger partial charge in [-0.1, -0.05) is 60.7 Å². The lowest BCUT2D eigenvalue weighted by Crippen LogP contribution is -2.59. The van der Waals surface area contributed by atoms with E-state index < -0.39 is 29.7 Å². The Morgan fingerprint density at radius 2 is 1.30 bits per heavy atom. The molecule has 0 aliphatic carbocycles. The Bertz CT molecular complexity index is 1120. The zero-order valence-corrected chi connectivity index (χ0v) is 16.9. The zero-order chi connectivity index (χ0) is 23.7. The number of benzene rings is 2. The van der Waals surface area contributed by atoms with Crippen molar-refractivity contribution in [3.05, 3.63) is 95.9 Å². The van der Waals surface area contributed by atoms with Gasteiger partial charge in [0, 0.05) is 12.1 Å². The molecule has 0 saturated carbocycles. The van der Waals surface area contributed by atoms with Crippen molar-refractivity contribution >= 4 is 11.7 Å². The smallest absolute Gasteiger partial charge is 0.443 e. The van der Waals surface area contributed by atoms with Crippen molar-refractivity contribution in [3.63, 3.8) is 0 Å². The van der Waals surface area contributed by atoms with Crippen molar-refractivity contribution in [2.24, 2.45) is 9.98 Å². The lowest BCUT2D eigenvalue weighted by Gasteiger charge is -2.39. The molecule has 3 aromatic rings. The third-order valence-electron chi connectivity index (χ3n) is 5.08. The summed E-state index contributed by atoms with van der Waals surface area (Å²) in [5, 5.41) is 0. The van der Waals surface area contributed by atoms with E-state index in [9.17, 15) is 26.3 Å². The molecule has 33 heavy (non-hydrogen) atoms. The standard InChI is InChI=1S/C23H17F6N3O/c24-22(25,26)21(23(27,28)29)30-19(17-10-5-2-6-11-17)32(14-13-16-8-3-1-4-9-16)20(31-21)18-12-7-15-33-18/h1-12,15H,13-14H2. The largest absolute Gasteiger partial charge is 0.461 e. The molecule has 4 rings (SSSR count). The van der Waals surface area contributed by atoms with Gasteiger partial charge in [0.15, 0.2) is 11.6 Å². The number of hydrogen-bond donors (Lipinski definition) is 0. The minimum atomic E-state index is -5.84. The lowest BCUT2D eigenvalue weighted by molar-refractivity contribution is -0.293. The summed E-state index contributed by atoms with van der Waals surface area (Å²) in [5.74, 6) is -1.33. The maximum atomic E-state index is 14.0. The van der Waals surface area contributed by atoms with Crippen LogP contribution in [-0.2, 0) is 6.42 Å². The highest BCUT2D eigenvalue weighted by molar-refractivity contribution is 6.15. The van der Waals surface area contributed by atoms with Crippen molar-refractivity contribution in [2.75, 3.05) is 6.54 Å². The molecule has 0 radical (unpaired) electrons. The van der Waals surface area contributed by atoms with Crippen LogP contribution in [0.1, 0.15) is 16.9 Å². The Hall–Kier alpha value is -3.56. The second-order valence-corrected chi connectivity index (χ2v) is 7.27. The maximum Gasteiger partial charge on any atom is 0.443 e. The van der Waals surface area contributed by atoms with Gasteiger partial charge in [0.05, 0.1) is 6.26 Å². The Morgan fingerprint density at radius 3 is 1.85 bits per heavy atom. The number of nitrogens with zero attached hydrogens (tertiary/aromatic N) is 3. The van der Waals surface area contributed by atoms with Crippen LogP contribution < -0.4 is 0 Å². The molecule has 10 heteroatoms. The average Bonchev–Trinajstić information content (AvgIpc) is 3.32. The molecule has 2 aromatic carbocycles. The first kappa shape index (κ1) is 22.6. The molecule has 4 nitrogen and oxygen atoms in total. The van der Waals surface area contributed by atoms with Gasteiger partial charge in [-0.3, -0.25) is 0 Å². The highest BCUT2D eigenvalue weighted by Crippen LogP contribution is 2.49. The Kier molecular flexibility index (Phi) is 5.77. The summed E-state index contributed by atoms with van der Waals surface area (Å²) in [6.45, 7) is 0.0169. The summed E-state index contributed by atoms with van der Waals surface area (Å²) >= 11 is 0. The van der Waals surface area contributed by atoms with Gasteiger partial charge < -0.3 is 9.32 Å². The van der Waals surface area contributed by atoms with Gasteiger partial charge in [0.2, 0.25) is 0 Å². The van der Waals surface area contributed by atoms with Crippen molar-refractivity contribution in [3.8, 4) is 0 Å². The molecule has 0 amide bonds. The topological polar surface area (TPSA) is 41.1 Å². The molecule has 0 bridgehead atoms. The van der Waals surface area contributed by atoms with E-state index in [1.165, 1.54) is 41.3 Å². The number of alkyl halides is 6. The van der Waals surface area contributed by atoms with Crippen LogP contribution in [0.25, 0.3) is 0 Å². The number of aliphatic imine (C=N–C) groups is 2. The van der Waals surface area contributed by atoms with Crippen LogP contribution in [-0.4, -0.2) is 41.1 Å². The second-order valence-electron chi connectivity index (χ2n) is 7.27. The van der Waals surface area contributed by atoms with E-state index in [-0.39, 0.29) is 17.9 Å². The minimum absolute atomic E-state index is 0.0169. The van der Waals surface area contributed by atoms with Crippen LogP contribution in [0, 0.1) is 0 Å². The average molecular weight is 465 g/mol. The first-order valence-electron chi connectivity index (χ1n) is 9.86. The van der Waals surface area contributed by atoms with Gasteiger partial charge in [-0.2, -0.15) is 26.3 Å². The fraction of sp³-hybridized carbons (Fsp3) is 0.217. The normalized spacial score (nSPS) is 16.4. The van der Waals surface area contributed by atoms with E-state index in [0.29, 0.717) is 6.42 Å². The predicted molar refractivity (Wildman–Crippen MR) is 110 cm³/mol. The lowest BCUT2D eigenvalue weighted by atomic mass is 10.1. The molecule has 2 heterocycles. The van der Waals surface area contributed by atoms with Crippen molar-refractivity contribution < 1.29 is 30.8 Å². The van der Waals surface area contributed by atoms with Crippen molar-refractivity contribution in [2.45, 2.75) is 24.4 Å². The molecule has 1 aliphatic heterocycles. The Labute approximate surface area is 184 Å². The quantitative estimate of drug-likeness (QED) is 0.444. The van der Waals surface area contributed by atoms with Gasteiger partial charge in [-0.05, 0) is 24.1 Å². The third kappa shape index (κ3) is 4.24. The molecule has 1 aliphatic rings. The molecule has 172 valence electrons. The van der Waals surface area contributed by atoms with Crippen LogP contribution >= 0.6 is 0 Å². The fourth-order valence-electron chi connectivity index (χ4n) is 3.47. The Balaban J connectivity index is 1.92. The van der Waals surface area contributed by atoms with E-state index >= 15 is 0 Å². The number of amidine groups is 2. The SMILES string of the molecule is FC(F)(F)C1(C(F)(F)F)N=C(c2ccccc2)N(CCc2ccccc2)C(c2ccco2)=N1. The van der Waals surface area contributed by atoms with Crippen LogP contribution in [0.2, 0.25) is 0 Å². The minimum Gasteiger partial charge on any atom is -0.461 e. The number of hydrogen-bond acceptors (Lipinski definition) is 4. The van der Waals surface area contributed by atoms with Gasteiger partial charge in [0.25, 0.3) is 0 Å². The molecule has 0 N–H and O–H groups in total. The van der Waals surface area contributed by atoms with Crippen LogP contribution in [0.3, 0.4) is 0 Å². The van der Waals surface area contributed by atoms with E-state index in [1.807, 2.05) is 12.1 Å². The van der Waals surface area contributed by atoms with Gasteiger partial charge in [0.1, 0.15) is 5.84 Å². The van der Waals surface area contributed by atoms with Crippen molar-refractivity contribution in [1.29, 1.82) is 0 Å². The van der Waals surface area contributed by atoms with Crippen LogP contribution in [0.4, 0.5) is 26.3 Å². The van der Waals surface area contributed by atoms with E-state index in [0.717, 1.165) is 11.8 Å². The molecule has 0 unspecified atom stereocenters. The summed E-state index contributed by atoms with van der Waals surface area (Å²) in [7, 11) is 0. The third-order valence-corrected chi connectivity index (χ3v) is 5.08. The number of rotatable bonds is 5. The van der Waals surface area contributed by atoms with Gasteiger partial charge in [-0.15, -0.1) is 0 Å². The number of halogens is 6. The summed E-state index contributed by atoms with van der Waals surface area (Å²) in [4.78, 5) is 7.66. The van der Waals surface area contributed by atoms with E-state index in [1.54, 1.807) is 24.3 Å². The molecule has 0 fully saturated rings. The van der Waals surface area contributed by atoms with Gasteiger partial charge in [-0.25, -0.2) is 9.98 Å². The van der Waals surface area contributed by atoms with Crippen LogP contribution in [0.15, 0.2) is 93.5 Å². The fourth-order valence-corrected chi connectivity index (χ4v) is 3.47. The second kappa shape index (κ2) is 8.42. The Morgan fingerprint density at radius 1 is 0.727 bits per heavy atom. The number of furan rings is 1. The summed E-state index contributed by atoms with van der Waals surface area (Å²) < 4.78 is 89.1.